The number of amides is 2. The van der Waals surface area contributed by atoms with Gasteiger partial charge in [-0.25, -0.2) is 13.8 Å². The van der Waals surface area contributed by atoms with E-state index in [4.69, 9.17) is 9.47 Å². The Morgan fingerprint density at radius 1 is 1.12 bits per heavy atom. The standard InChI is InChI=1S/C22H26N4O6S/c1-33(29,30)26(19-5-3-2-4-6-19)16-21(27)24-23-15-18-7-9-20(10-8-18)32-17-22(28)25-11-13-31-14-12-25/h2-10,15H,11-14,16-17H2,1H3,(H,24,27)/b23-15-. The van der Waals surface area contributed by atoms with Crippen molar-refractivity contribution in [1.82, 2.24) is 10.3 Å². The minimum atomic E-state index is -3.64. The SMILES string of the molecule is CS(=O)(=O)N(CC(=O)N/N=C\c1ccc(OCC(=O)N2CCOCC2)cc1)c1ccccc1. The van der Waals surface area contributed by atoms with Crippen molar-refractivity contribution in [3.05, 3.63) is 60.2 Å². The van der Waals surface area contributed by atoms with Crippen LogP contribution in [0.3, 0.4) is 0 Å². The molecule has 3 rings (SSSR count). The Balaban J connectivity index is 1.48. The maximum atomic E-state index is 12.2. The molecule has 1 aliphatic rings. The van der Waals surface area contributed by atoms with E-state index in [0.29, 0.717) is 43.3 Å². The molecular formula is C22H26N4O6S. The van der Waals surface area contributed by atoms with Crippen LogP contribution < -0.4 is 14.5 Å². The Morgan fingerprint density at radius 3 is 2.42 bits per heavy atom. The van der Waals surface area contributed by atoms with Gasteiger partial charge in [0.25, 0.3) is 11.8 Å². The van der Waals surface area contributed by atoms with Crippen molar-refractivity contribution in [2.24, 2.45) is 5.10 Å². The van der Waals surface area contributed by atoms with Crippen LogP contribution in [0, 0.1) is 0 Å². The second-order valence-corrected chi connectivity index (χ2v) is 9.16. The van der Waals surface area contributed by atoms with E-state index in [9.17, 15) is 18.0 Å². The normalized spacial score (nSPS) is 14.2. The number of anilines is 1. The zero-order chi connectivity index (χ0) is 23.7. The third-order valence-corrected chi connectivity index (χ3v) is 5.88. The lowest BCUT2D eigenvalue weighted by molar-refractivity contribution is -0.137. The minimum Gasteiger partial charge on any atom is -0.484 e. The molecule has 2 aromatic rings. The summed E-state index contributed by atoms with van der Waals surface area (Å²) in [4.78, 5) is 26.0. The van der Waals surface area contributed by atoms with Crippen molar-refractivity contribution < 1.29 is 27.5 Å². The highest BCUT2D eigenvalue weighted by molar-refractivity contribution is 7.92. The number of benzene rings is 2. The monoisotopic (exact) mass is 474 g/mol. The molecule has 1 heterocycles. The van der Waals surface area contributed by atoms with Crippen molar-refractivity contribution in [3.8, 4) is 5.75 Å². The largest absolute Gasteiger partial charge is 0.484 e. The Hall–Kier alpha value is -3.44. The average Bonchev–Trinajstić information content (AvgIpc) is 2.82. The summed E-state index contributed by atoms with van der Waals surface area (Å²) in [6.07, 6.45) is 2.46. The summed E-state index contributed by atoms with van der Waals surface area (Å²) in [7, 11) is -3.64. The van der Waals surface area contributed by atoms with E-state index in [-0.39, 0.29) is 12.5 Å². The highest BCUT2D eigenvalue weighted by atomic mass is 32.2. The number of carbonyl (C=O) groups is 2. The lowest BCUT2D eigenvalue weighted by Gasteiger charge is -2.26. The first-order chi connectivity index (χ1) is 15.8. The summed E-state index contributed by atoms with van der Waals surface area (Å²) < 4.78 is 35.8. The number of carbonyl (C=O) groups excluding carboxylic acids is 2. The molecule has 2 aromatic carbocycles. The summed E-state index contributed by atoms with van der Waals surface area (Å²) >= 11 is 0. The molecule has 1 fully saturated rings. The average molecular weight is 475 g/mol. The Labute approximate surface area is 192 Å². The van der Waals surface area contributed by atoms with Crippen LogP contribution in [-0.4, -0.2) is 77.1 Å². The van der Waals surface area contributed by atoms with Gasteiger partial charge in [0.1, 0.15) is 12.3 Å². The van der Waals surface area contributed by atoms with Crippen molar-refractivity contribution >= 4 is 33.7 Å². The van der Waals surface area contributed by atoms with Crippen LogP contribution in [0.2, 0.25) is 0 Å². The molecule has 10 nitrogen and oxygen atoms in total. The molecule has 1 aliphatic heterocycles. The van der Waals surface area contributed by atoms with Crippen LogP contribution >= 0.6 is 0 Å². The predicted molar refractivity (Wildman–Crippen MR) is 124 cm³/mol. The van der Waals surface area contributed by atoms with E-state index in [1.54, 1.807) is 59.5 Å². The van der Waals surface area contributed by atoms with Gasteiger partial charge in [0.05, 0.1) is 31.4 Å². The number of ether oxygens (including phenoxy) is 2. The fraction of sp³-hybridized carbons (Fsp3) is 0.318. The summed E-state index contributed by atoms with van der Waals surface area (Å²) in [5.41, 5.74) is 3.40. The van der Waals surface area contributed by atoms with Gasteiger partial charge in [0, 0.05) is 13.1 Å². The topological polar surface area (TPSA) is 118 Å². The Morgan fingerprint density at radius 2 is 1.79 bits per heavy atom. The molecule has 0 radical (unpaired) electrons. The van der Waals surface area contributed by atoms with E-state index >= 15 is 0 Å². The maximum absolute atomic E-state index is 12.2. The van der Waals surface area contributed by atoms with Gasteiger partial charge in [-0.15, -0.1) is 0 Å². The number of sulfonamides is 1. The summed E-state index contributed by atoms with van der Waals surface area (Å²) in [5.74, 6) is -0.142. The molecule has 0 aliphatic carbocycles. The molecule has 2 amide bonds. The Bertz CT molecular complexity index is 1070. The van der Waals surface area contributed by atoms with Gasteiger partial charge in [-0.1, -0.05) is 18.2 Å². The fourth-order valence-electron chi connectivity index (χ4n) is 3.04. The zero-order valence-electron chi connectivity index (χ0n) is 18.2. The van der Waals surface area contributed by atoms with Gasteiger partial charge < -0.3 is 14.4 Å². The van der Waals surface area contributed by atoms with Gasteiger partial charge >= 0.3 is 0 Å². The maximum Gasteiger partial charge on any atom is 0.260 e. The summed E-state index contributed by atoms with van der Waals surface area (Å²) in [5, 5.41) is 3.88. The zero-order valence-corrected chi connectivity index (χ0v) is 19.0. The minimum absolute atomic E-state index is 0.0538. The van der Waals surface area contributed by atoms with Crippen LogP contribution in [0.5, 0.6) is 5.75 Å². The number of morpholine rings is 1. The molecule has 33 heavy (non-hydrogen) atoms. The molecule has 1 saturated heterocycles. The number of nitrogens with zero attached hydrogens (tertiary/aromatic N) is 3. The Kier molecular flexibility index (Phi) is 8.39. The van der Waals surface area contributed by atoms with Gasteiger partial charge in [0.15, 0.2) is 6.61 Å². The van der Waals surface area contributed by atoms with Gasteiger partial charge in [-0.3, -0.25) is 13.9 Å². The van der Waals surface area contributed by atoms with Gasteiger partial charge in [0.2, 0.25) is 10.0 Å². The van der Waals surface area contributed by atoms with Crippen molar-refractivity contribution in [3.63, 3.8) is 0 Å². The van der Waals surface area contributed by atoms with E-state index < -0.39 is 22.5 Å². The first kappa shape index (κ1) is 24.2. The number of nitrogens with one attached hydrogen (secondary N) is 1. The van der Waals surface area contributed by atoms with Crippen molar-refractivity contribution in [1.29, 1.82) is 0 Å². The lowest BCUT2D eigenvalue weighted by atomic mass is 10.2. The predicted octanol–water partition coefficient (Wildman–Crippen LogP) is 0.841. The molecule has 0 bridgehead atoms. The van der Waals surface area contributed by atoms with E-state index in [2.05, 4.69) is 10.5 Å². The lowest BCUT2D eigenvalue weighted by Crippen LogP contribution is -2.42. The quantitative estimate of drug-likeness (QED) is 0.425. The molecule has 0 aromatic heterocycles. The van der Waals surface area contributed by atoms with Crippen LogP contribution in [0.15, 0.2) is 59.7 Å². The van der Waals surface area contributed by atoms with Crippen LogP contribution in [-0.2, 0) is 24.3 Å². The van der Waals surface area contributed by atoms with Gasteiger partial charge in [-0.2, -0.15) is 5.10 Å². The summed E-state index contributed by atoms with van der Waals surface area (Å²) in [6, 6.07) is 15.2. The van der Waals surface area contributed by atoms with Crippen molar-refractivity contribution in [2.45, 2.75) is 0 Å². The highest BCUT2D eigenvalue weighted by Gasteiger charge is 2.20. The molecule has 0 unspecified atom stereocenters. The van der Waals surface area contributed by atoms with E-state index in [0.717, 1.165) is 10.6 Å². The molecular weight excluding hydrogens is 448 g/mol. The molecule has 1 N–H and O–H groups in total. The highest BCUT2D eigenvalue weighted by Crippen LogP contribution is 2.16. The number of rotatable bonds is 9. The van der Waals surface area contributed by atoms with Crippen molar-refractivity contribution in [2.75, 3.05) is 50.0 Å². The van der Waals surface area contributed by atoms with Gasteiger partial charge in [-0.05, 0) is 42.0 Å². The fourth-order valence-corrected chi connectivity index (χ4v) is 3.89. The molecule has 0 saturated carbocycles. The third-order valence-electron chi connectivity index (χ3n) is 4.74. The van der Waals surface area contributed by atoms with E-state index in [1.807, 2.05) is 0 Å². The molecule has 11 heteroatoms. The number of hydrogen-bond donors (Lipinski definition) is 1. The molecule has 0 atom stereocenters. The van der Waals surface area contributed by atoms with Crippen LogP contribution in [0.1, 0.15) is 5.56 Å². The molecule has 0 spiro atoms. The number of hydrogen-bond acceptors (Lipinski definition) is 7. The first-order valence-electron chi connectivity index (χ1n) is 10.3. The van der Waals surface area contributed by atoms with E-state index in [1.165, 1.54) is 6.21 Å². The molecule has 176 valence electrons. The van der Waals surface area contributed by atoms with Crippen LogP contribution in [0.25, 0.3) is 0 Å². The first-order valence-corrected chi connectivity index (χ1v) is 12.1. The second-order valence-electron chi connectivity index (χ2n) is 7.25. The second kappa shape index (κ2) is 11.4. The summed E-state index contributed by atoms with van der Waals surface area (Å²) in [6.45, 7) is 1.75. The smallest absolute Gasteiger partial charge is 0.260 e. The van der Waals surface area contributed by atoms with Crippen LogP contribution in [0.4, 0.5) is 5.69 Å². The number of para-hydroxylation sites is 1. The number of hydrazone groups is 1. The third kappa shape index (κ3) is 7.58.